The van der Waals surface area contributed by atoms with Gasteiger partial charge in [-0.3, -0.25) is 19.2 Å². The maximum Gasteiger partial charge on any atom is 0.338 e. The van der Waals surface area contributed by atoms with Crippen molar-refractivity contribution in [2.24, 2.45) is 0 Å². The largest absolute Gasteiger partial charge is 0.491 e. The number of benzene rings is 1. The molecule has 2 aliphatic rings. The van der Waals surface area contributed by atoms with Crippen molar-refractivity contribution in [3.8, 4) is 22.9 Å². The molecule has 7 rings (SSSR count). The normalized spacial score (nSPS) is 17.7. The minimum absolute atomic E-state index is 0.0989. The van der Waals surface area contributed by atoms with Crippen molar-refractivity contribution in [3.05, 3.63) is 74.4 Å². The molecule has 0 spiro atoms. The Labute approximate surface area is 271 Å². The molecule has 2 atom stereocenters. The Kier molecular flexibility index (Phi) is 7.80. The third kappa shape index (κ3) is 5.12. The second-order valence-corrected chi connectivity index (χ2v) is 12.5. The van der Waals surface area contributed by atoms with Crippen LogP contribution in [0.3, 0.4) is 0 Å². The van der Waals surface area contributed by atoms with Crippen LogP contribution in [0.2, 0.25) is 5.02 Å². The summed E-state index contributed by atoms with van der Waals surface area (Å²) in [5.41, 5.74) is 2.06. The van der Waals surface area contributed by atoms with Crippen LogP contribution < -0.4 is 15.2 Å². The molecule has 11 nitrogen and oxygen atoms in total. The lowest BCUT2D eigenvalue weighted by Gasteiger charge is -2.34. The summed E-state index contributed by atoms with van der Waals surface area (Å²) in [4.78, 5) is 43.5. The Morgan fingerprint density at radius 2 is 2.04 bits per heavy atom. The van der Waals surface area contributed by atoms with Crippen LogP contribution in [0.5, 0.6) is 5.75 Å². The van der Waals surface area contributed by atoms with Gasteiger partial charge >= 0.3 is 5.97 Å². The third-order valence-corrected chi connectivity index (χ3v) is 9.87. The summed E-state index contributed by atoms with van der Waals surface area (Å²) in [7, 11) is 0. The van der Waals surface area contributed by atoms with Crippen LogP contribution >= 0.6 is 22.9 Å². The molecule has 0 radical (unpaired) electrons. The Hall–Kier alpha value is -4.64. The number of thiophene rings is 1. The van der Waals surface area contributed by atoms with Gasteiger partial charge in [0.05, 0.1) is 33.3 Å². The van der Waals surface area contributed by atoms with E-state index in [1.807, 2.05) is 0 Å². The van der Waals surface area contributed by atoms with Crippen molar-refractivity contribution in [2.45, 2.75) is 32.0 Å². The van der Waals surface area contributed by atoms with Crippen LogP contribution in [0.25, 0.3) is 32.2 Å². The van der Waals surface area contributed by atoms with E-state index in [-0.39, 0.29) is 54.0 Å². The number of hydrogen-bond acceptors (Lipinski definition) is 10. The quantitative estimate of drug-likeness (QED) is 0.232. The molecule has 0 amide bonds. The number of ether oxygens (including phenoxy) is 1. The SMILES string of the molecule is Cc1nc2c(N3CCN(CCF)C4CC43)ncc(C#N)c2c(=O)n1CCOc1ccc(Cl)cc1-c1ccnc2c(C(=O)O)csc12. The smallest absolute Gasteiger partial charge is 0.338 e. The van der Waals surface area contributed by atoms with Gasteiger partial charge < -0.3 is 14.7 Å². The molecule has 1 saturated carbocycles. The summed E-state index contributed by atoms with van der Waals surface area (Å²) in [6.07, 6.45) is 3.87. The Morgan fingerprint density at radius 3 is 2.83 bits per heavy atom. The number of carboxylic acid groups (broad SMARTS) is 1. The number of carboxylic acids is 1. The number of aromatic nitrogens is 4. The molecule has 1 aliphatic carbocycles. The molecule has 0 bridgehead atoms. The Balaban J connectivity index is 1.18. The van der Waals surface area contributed by atoms with Crippen molar-refractivity contribution < 1.29 is 19.0 Å². The van der Waals surface area contributed by atoms with Crippen LogP contribution in [-0.4, -0.2) is 80.5 Å². The summed E-state index contributed by atoms with van der Waals surface area (Å²) in [5, 5.41) is 21.7. The number of halogens is 2. The zero-order valence-electron chi connectivity index (χ0n) is 24.6. The average molecular weight is 660 g/mol. The lowest BCUT2D eigenvalue weighted by molar-refractivity contribution is 0.0699. The third-order valence-electron chi connectivity index (χ3n) is 8.63. The molecule has 5 aromatic rings. The minimum Gasteiger partial charge on any atom is -0.491 e. The van der Waals surface area contributed by atoms with Gasteiger partial charge in [-0.25, -0.2) is 19.2 Å². The molecule has 1 saturated heterocycles. The summed E-state index contributed by atoms with van der Waals surface area (Å²) in [6, 6.07) is 9.47. The van der Waals surface area contributed by atoms with Gasteiger partial charge in [0.15, 0.2) is 5.82 Å². The number of nitriles is 1. The Morgan fingerprint density at radius 1 is 1.20 bits per heavy atom. The number of aryl methyl sites for hydroxylation is 1. The monoisotopic (exact) mass is 659 g/mol. The highest BCUT2D eigenvalue weighted by Crippen LogP contribution is 2.41. The highest BCUT2D eigenvalue weighted by atomic mass is 35.5. The summed E-state index contributed by atoms with van der Waals surface area (Å²) in [5.74, 6) is 0.462. The molecule has 2 unspecified atom stereocenters. The van der Waals surface area contributed by atoms with E-state index in [1.165, 1.54) is 22.1 Å². The maximum absolute atomic E-state index is 13.9. The fourth-order valence-electron chi connectivity index (χ4n) is 6.37. The minimum atomic E-state index is -1.06. The van der Waals surface area contributed by atoms with Gasteiger partial charge in [-0.15, -0.1) is 11.3 Å². The van der Waals surface area contributed by atoms with Crippen LogP contribution in [0.1, 0.15) is 28.2 Å². The van der Waals surface area contributed by atoms with Crippen molar-refractivity contribution in [2.75, 3.05) is 37.8 Å². The van der Waals surface area contributed by atoms with Crippen molar-refractivity contribution >= 4 is 55.8 Å². The first-order valence-corrected chi connectivity index (χ1v) is 16.0. The number of nitrogens with zero attached hydrogens (tertiary/aromatic N) is 7. The van der Waals surface area contributed by atoms with Crippen molar-refractivity contribution in [1.82, 2.24) is 24.4 Å². The van der Waals surface area contributed by atoms with E-state index in [1.54, 1.807) is 42.8 Å². The van der Waals surface area contributed by atoms with Gasteiger partial charge in [-0.2, -0.15) is 5.26 Å². The van der Waals surface area contributed by atoms with Crippen LogP contribution in [-0.2, 0) is 6.54 Å². The Bertz CT molecular complexity index is 2130. The summed E-state index contributed by atoms with van der Waals surface area (Å²) >= 11 is 7.64. The number of alkyl halides is 1. The van der Waals surface area contributed by atoms with E-state index < -0.39 is 5.97 Å². The molecule has 1 aliphatic heterocycles. The van der Waals surface area contributed by atoms with Crippen molar-refractivity contribution in [1.29, 1.82) is 5.26 Å². The average Bonchev–Trinajstić information content (AvgIpc) is 3.73. The number of aromatic carboxylic acids is 1. The lowest BCUT2D eigenvalue weighted by Crippen LogP contribution is -2.47. The highest BCUT2D eigenvalue weighted by molar-refractivity contribution is 7.18. The number of carbonyl (C=O) groups is 1. The van der Waals surface area contributed by atoms with E-state index in [4.69, 9.17) is 21.3 Å². The van der Waals surface area contributed by atoms with E-state index in [0.717, 1.165) is 12.0 Å². The second kappa shape index (κ2) is 11.9. The molecular weight excluding hydrogens is 633 g/mol. The van der Waals surface area contributed by atoms with Gasteiger partial charge in [-0.1, -0.05) is 11.6 Å². The number of anilines is 1. The van der Waals surface area contributed by atoms with Gasteiger partial charge in [0.2, 0.25) is 0 Å². The van der Waals surface area contributed by atoms with Crippen molar-refractivity contribution in [3.63, 3.8) is 0 Å². The molecule has 14 heteroatoms. The fourth-order valence-corrected chi connectivity index (χ4v) is 7.57. The first kappa shape index (κ1) is 30.0. The van der Waals surface area contributed by atoms with Crippen LogP contribution in [0.15, 0.2) is 46.8 Å². The van der Waals surface area contributed by atoms with Gasteiger partial charge in [0.1, 0.15) is 36.4 Å². The molecule has 2 fully saturated rings. The van der Waals surface area contributed by atoms with E-state index in [9.17, 15) is 24.3 Å². The molecule has 46 heavy (non-hydrogen) atoms. The number of piperazine rings is 1. The zero-order valence-corrected chi connectivity index (χ0v) is 26.2. The van der Waals surface area contributed by atoms with Gasteiger partial charge in [0, 0.05) is 65.6 Å². The second-order valence-electron chi connectivity index (χ2n) is 11.2. The first-order chi connectivity index (χ1) is 22.3. The van der Waals surface area contributed by atoms with Crippen LogP contribution in [0, 0.1) is 18.3 Å². The van der Waals surface area contributed by atoms with Gasteiger partial charge in [0.25, 0.3) is 5.56 Å². The first-order valence-electron chi connectivity index (χ1n) is 14.7. The molecule has 234 valence electrons. The topological polar surface area (TPSA) is 137 Å². The fraction of sp³-hybridized carbons (Fsp3) is 0.312. The van der Waals surface area contributed by atoms with E-state index >= 15 is 0 Å². The highest BCUT2D eigenvalue weighted by Gasteiger charge is 2.49. The standard InChI is InChI=1S/C32H27ClFN7O4S/c1-17-38-28-26(18(14-35)15-37-30(28)41-9-8-39(7-5-34)23-13-24(23)41)31(42)40(17)10-11-45-25-3-2-19(33)12-21(25)20-4-6-36-27-22(32(43)44)16-46-29(20)27/h2-4,6,12,15-16,23-24H,5,7-11,13H2,1H3,(H,43,44). The molecule has 1 aromatic carbocycles. The maximum atomic E-state index is 13.9. The summed E-state index contributed by atoms with van der Waals surface area (Å²) in [6.45, 7) is 3.32. The predicted molar refractivity (Wildman–Crippen MR) is 173 cm³/mol. The number of rotatable bonds is 9. The van der Waals surface area contributed by atoms with E-state index in [2.05, 4.69) is 25.8 Å². The molecule has 4 aromatic heterocycles. The summed E-state index contributed by atoms with van der Waals surface area (Å²) < 4.78 is 21.4. The zero-order chi connectivity index (χ0) is 32.1. The number of hydrogen-bond donors (Lipinski definition) is 1. The lowest BCUT2D eigenvalue weighted by atomic mass is 10.0. The van der Waals surface area contributed by atoms with E-state index in [0.29, 0.717) is 63.3 Å². The molecule has 5 heterocycles. The molecular formula is C32H27ClFN7O4S. The number of fused-ring (bicyclic) bond motifs is 3. The van der Waals surface area contributed by atoms with Gasteiger partial charge in [-0.05, 0) is 37.6 Å². The predicted octanol–water partition coefficient (Wildman–Crippen LogP) is 4.91. The van der Waals surface area contributed by atoms with Crippen LogP contribution in [0.4, 0.5) is 10.2 Å². The number of pyridine rings is 2. The molecule has 1 N–H and O–H groups in total.